The third kappa shape index (κ3) is 4.17. The lowest BCUT2D eigenvalue weighted by molar-refractivity contribution is -0.222. The van der Waals surface area contributed by atoms with Gasteiger partial charge in [-0.3, -0.25) is 0 Å². The Morgan fingerprint density at radius 3 is 2.24 bits per heavy atom. The molecule has 1 fully saturated rings. The number of nitrogens with one attached hydrogen (secondary N) is 1. The van der Waals surface area contributed by atoms with E-state index in [0.29, 0.717) is 17.2 Å². The van der Waals surface area contributed by atoms with Gasteiger partial charge in [-0.25, -0.2) is 9.59 Å². The van der Waals surface area contributed by atoms with E-state index in [4.69, 9.17) is 14.2 Å². The second-order valence-electron chi connectivity index (χ2n) is 5.82. The van der Waals surface area contributed by atoms with Crippen LogP contribution in [0.5, 0.6) is 11.5 Å². The van der Waals surface area contributed by atoms with E-state index in [-0.39, 0.29) is 5.57 Å². The smallest absolute Gasteiger partial charge is 0.350 e. The summed E-state index contributed by atoms with van der Waals surface area (Å²) in [5, 5.41) is 2.89. The number of rotatable bonds is 4. The fraction of sp³-hybridized carbons (Fsp3) is 0.158. The molecule has 128 valence electrons. The van der Waals surface area contributed by atoms with Crippen LogP contribution in [0.15, 0.2) is 66.4 Å². The number of benzene rings is 2. The number of cyclic esters (lactones) is 2. The van der Waals surface area contributed by atoms with Crippen molar-refractivity contribution in [3.8, 4) is 11.5 Å². The van der Waals surface area contributed by atoms with Crippen molar-refractivity contribution in [2.45, 2.75) is 19.6 Å². The first-order valence-electron chi connectivity index (χ1n) is 7.69. The number of carbonyl (C=O) groups is 2. The van der Waals surface area contributed by atoms with E-state index in [2.05, 4.69) is 5.32 Å². The Morgan fingerprint density at radius 2 is 1.56 bits per heavy atom. The van der Waals surface area contributed by atoms with Crippen LogP contribution in [0.25, 0.3) is 0 Å². The highest BCUT2D eigenvalue weighted by atomic mass is 16.7. The number of para-hydroxylation sites is 1. The van der Waals surface area contributed by atoms with Crippen LogP contribution < -0.4 is 10.1 Å². The molecule has 0 bridgehead atoms. The first kappa shape index (κ1) is 16.6. The van der Waals surface area contributed by atoms with E-state index in [1.165, 1.54) is 20.0 Å². The fourth-order valence-electron chi connectivity index (χ4n) is 2.21. The summed E-state index contributed by atoms with van der Waals surface area (Å²) in [7, 11) is 0. The predicted molar refractivity (Wildman–Crippen MR) is 90.9 cm³/mol. The summed E-state index contributed by atoms with van der Waals surface area (Å²) < 4.78 is 15.8. The molecule has 0 aromatic heterocycles. The van der Waals surface area contributed by atoms with Crippen molar-refractivity contribution < 1.29 is 23.8 Å². The van der Waals surface area contributed by atoms with Gasteiger partial charge in [0.25, 0.3) is 5.79 Å². The lowest BCUT2D eigenvalue weighted by atomic mass is 10.2. The van der Waals surface area contributed by atoms with Gasteiger partial charge in [-0.15, -0.1) is 0 Å². The Balaban J connectivity index is 1.72. The Kier molecular flexibility index (Phi) is 4.43. The van der Waals surface area contributed by atoms with Crippen LogP contribution in [0, 0.1) is 0 Å². The summed E-state index contributed by atoms with van der Waals surface area (Å²) in [5.41, 5.74) is 0.445. The first-order valence-corrected chi connectivity index (χ1v) is 7.69. The van der Waals surface area contributed by atoms with E-state index in [0.717, 1.165) is 0 Å². The lowest BCUT2D eigenvalue weighted by Gasteiger charge is -2.29. The van der Waals surface area contributed by atoms with Crippen molar-refractivity contribution in [2.75, 3.05) is 5.32 Å². The lowest BCUT2D eigenvalue weighted by Crippen LogP contribution is -2.42. The van der Waals surface area contributed by atoms with E-state index in [1.807, 2.05) is 30.3 Å². The highest BCUT2D eigenvalue weighted by Crippen LogP contribution is 2.25. The van der Waals surface area contributed by atoms with Crippen molar-refractivity contribution in [3.05, 3.63) is 66.4 Å². The molecule has 25 heavy (non-hydrogen) atoms. The summed E-state index contributed by atoms with van der Waals surface area (Å²) in [5.74, 6) is -1.39. The predicted octanol–water partition coefficient (Wildman–Crippen LogP) is 3.61. The van der Waals surface area contributed by atoms with E-state index >= 15 is 0 Å². The van der Waals surface area contributed by atoms with Gasteiger partial charge in [-0.05, 0) is 24.3 Å². The van der Waals surface area contributed by atoms with Gasteiger partial charge in [0, 0.05) is 31.8 Å². The van der Waals surface area contributed by atoms with Gasteiger partial charge in [0.1, 0.15) is 11.5 Å². The molecule has 1 aliphatic rings. The van der Waals surface area contributed by atoms with Crippen molar-refractivity contribution in [3.63, 3.8) is 0 Å². The van der Waals surface area contributed by atoms with Crippen LogP contribution in [-0.4, -0.2) is 17.7 Å². The maximum Gasteiger partial charge on any atom is 0.350 e. The zero-order valence-electron chi connectivity index (χ0n) is 13.8. The number of ether oxygens (including phenoxy) is 3. The Hall–Kier alpha value is -3.28. The van der Waals surface area contributed by atoms with Gasteiger partial charge < -0.3 is 19.5 Å². The molecule has 3 rings (SSSR count). The molecule has 0 saturated carbocycles. The molecule has 1 saturated heterocycles. The molecule has 1 aliphatic heterocycles. The normalized spacial score (nSPS) is 15.8. The van der Waals surface area contributed by atoms with Crippen molar-refractivity contribution in [1.82, 2.24) is 0 Å². The average Bonchev–Trinajstić information content (AvgIpc) is 2.54. The van der Waals surface area contributed by atoms with Crippen LogP contribution in [0.1, 0.15) is 13.8 Å². The number of esters is 2. The Labute approximate surface area is 145 Å². The molecular weight excluding hydrogens is 322 g/mol. The topological polar surface area (TPSA) is 73.9 Å². The van der Waals surface area contributed by atoms with Crippen molar-refractivity contribution in [2.24, 2.45) is 0 Å². The maximum absolute atomic E-state index is 11.9. The van der Waals surface area contributed by atoms with Crippen LogP contribution in [-0.2, 0) is 19.1 Å². The van der Waals surface area contributed by atoms with Gasteiger partial charge in [0.05, 0.1) is 0 Å². The largest absolute Gasteiger partial charge is 0.457 e. The SMILES string of the molecule is CC1(C)OC(=O)C(=CNc2cccc(Oc3ccccc3)c2)C(=O)O1. The summed E-state index contributed by atoms with van der Waals surface area (Å²) in [6, 6.07) is 16.5. The third-order valence-corrected chi connectivity index (χ3v) is 3.31. The van der Waals surface area contributed by atoms with Gasteiger partial charge >= 0.3 is 11.9 Å². The van der Waals surface area contributed by atoms with Crippen LogP contribution in [0.4, 0.5) is 5.69 Å². The van der Waals surface area contributed by atoms with Gasteiger partial charge in [0.2, 0.25) is 0 Å². The Bertz CT molecular complexity index is 805. The van der Waals surface area contributed by atoms with Crippen LogP contribution in [0.3, 0.4) is 0 Å². The fourth-order valence-corrected chi connectivity index (χ4v) is 2.21. The second kappa shape index (κ2) is 6.68. The van der Waals surface area contributed by atoms with Gasteiger partial charge in [0.15, 0.2) is 5.57 Å². The zero-order chi connectivity index (χ0) is 17.9. The molecule has 0 radical (unpaired) electrons. The van der Waals surface area contributed by atoms with Gasteiger partial charge in [-0.2, -0.15) is 0 Å². The van der Waals surface area contributed by atoms with Crippen molar-refractivity contribution >= 4 is 17.6 Å². The molecule has 2 aromatic carbocycles. The number of hydrogen-bond acceptors (Lipinski definition) is 6. The third-order valence-electron chi connectivity index (χ3n) is 3.31. The van der Waals surface area contributed by atoms with Crippen LogP contribution >= 0.6 is 0 Å². The summed E-state index contributed by atoms with van der Waals surface area (Å²) >= 11 is 0. The zero-order valence-corrected chi connectivity index (χ0v) is 13.8. The highest BCUT2D eigenvalue weighted by Gasteiger charge is 2.38. The Morgan fingerprint density at radius 1 is 0.920 bits per heavy atom. The number of carbonyl (C=O) groups excluding carboxylic acids is 2. The van der Waals surface area contributed by atoms with Crippen molar-refractivity contribution in [1.29, 1.82) is 0 Å². The molecular formula is C19H17NO5. The minimum absolute atomic E-state index is 0.200. The molecule has 2 aromatic rings. The molecule has 1 heterocycles. The van der Waals surface area contributed by atoms with E-state index < -0.39 is 17.7 Å². The molecule has 0 aliphatic carbocycles. The van der Waals surface area contributed by atoms with E-state index in [9.17, 15) is 9.59 Å². The standard InChI is InChI=1S/C19H17NO5/c1-19(2)24-17(21)16(18(22)25-19)12-20-13-7-6-10-15(11-13)23-14-8-4-3-5-9-14/h3-12,20H,1-2H3. The molecule has 0 spiro atoms. The van der Waals surface area contributed by atoms with Crippen LogP contribution in [0.2, 0.25) is 0 Å². The average molecular weight is 339 g/mol. The summed E-state index contributed by atoms with van der Waals surface area (Å²) in [6.45, 7) is 2.99. The number of anilines is 1. The monoisotopic (exact) mass is 339 g/mol. The second-order valence-corrected chi connectivity index (χ2v) is 5.82. The number of hydrogen-bond donors (Lipinski definition) is 1. The minimum Gasteiger partial charge on any atom is -0.457 e. The molecule has 6 heteroatoms. The molecule has 0 unspecified atom stereocenters. The van der Waals surface area contributed by atoms with E-state index in [1.54, 1.807) is 24.3 Å². The summed E-state index contributed by atoms with van der Waals surface area (Å²) in [6.07, 6.45) is 1.27. The highest BCUT2D eigenvalue weighted by molar-refractivity contribution is 6.15. The minimum atomic E-state index is -1.26. The molecule has 1 N–H and O–H groups in total. The summed E-state index contributed by atoms with van der Waals surface area (Å²) in [4.78, 5) is 23.8. The first-order chi connectivity index (χ1) is 11.9. The molecule has 0 amide bonds. The van der Waals surface area contributed by atoms with Gasteiger partial charge in [-0.1, -0.05) is 24.3 Å². The molecule has 0 atom stereocenters. The maximum atomic E-state index is 11.9. The quantitative estimate of drug-likeness (QED) is 0.521. The molecule has 6 nitrogen and oxygen atoms in total.